The zero-order chi connectivity index (χ0) is 12.2. The smallest absolute Gasteiger partial charge is 0.240 e. The number of thiocarbonyl (C=S) groups is 1. The molecular weight excluding hydrogens is 251 g/mol. The van der Waals surface area contributed by atoms with Gasteiger partial charge >= 0.3 is 0 Å². The Bertz CT molecular complexity index is 471. The summed E-state index contributed by atoms with van der Waals surface area (Å²) in [6.07, 6.45) is 0.287. The van der Waals surface area contributed by atoms with Gasteiger partial charge < -0.3 is 5.73 Å². The van der Waals surface area contributed by atoms with E-state index in [1.54, 1.807) is 0 Å². The number of hydrogen-bond donors (Lipinski definition) is 2. The number of hydrogen-bond acceptors (Lipinski definition) is 3. The van der Waals surface area contributed by atoms with Gasteiger partial charge in [-0.1, -0.05) is 12.2 Å². The van der Waals surface area contributed by atoms with Gasteiger partial charge in [0.05, 0.1) is 9.88 Å². The molecule has 0 amide bonds. The van der Waals surface area contributed by atoms with Gasteiger partial charge in [-0.3, -0.25) is 0 Å². The third-order valence-electron chi connectivity index (χ3n) is 1.79. The van der Waals surface area contributed by atoms with E-state index >= 15 is 0 Å². The van der Waals surface area contributed by atoms with Gasteiger partial charge in [0.2, 0.25) is 10.0 Å². The number of nitrogens with two attached hydrogens (primary N) is 1. The van der Waals surface area contributed by atoms with Crippen LogP contribution >= 0.6 is 12.2 Å². The Morgan fingerprint density at radius 3 is 2.44 bits per heavy atom. The molecule has 0 saturated carbocycles. The highest BCUT2D eigenvalue weighted by Crippen LogP contribution is 2.09. The van der Waals surface area contributed by atoms with E-state index in [-0.39, 0.29) is 22.8 Å². The first-order valence-electron chi connectivity index (χ1n) is 4.45. The third kappa shape index (κ3) is 3.84. The molecule has 1 aromatic carbocycles. The molecular formula is C9H11FN2O2S2. The number of sulfonamides is 1. The second kappa shape index (κ2) is 5.33. The van der Waals surface area contributed by atoms with Crippen molar-refractivity contribution in [3.8, 4) is 0 Å². The summed E-state index contributed by atoms with van der Waals surface area (Å²) < 4.78 is 38.1. The first-order valence-corrected chi connectivity index (χ1v) is 6.34. The fourth-order valence-electron chi connectivity index (χ4n) is 1.01. The lowest BCUT2D eigenvalue weighted by atomic mass is 10.4. The van der Waals surface area contributed by atoms with Crippen molar-refractivity contribution in [3.63, 3.8) is 0 Å². The van der Waals surface area contributed by atoms with Crippen molar-refractivity contribution < 1.29 is 12.8 Å². The van der Waals surface area contributed by atoms with Gasteiger partial charge in [0, 0.05) is 13.0 Å². The fraction of sp³-hybridized carbons (Fsp3) is 0.222. The van der Waals surface area contributed by atoms with Gasteiger partial charge in [0.15, 0.2) is 0 Å². The third-order valence-corrected chi connectivity index (χ3v) is 3.47. The van der Waals surface area contributed by atoms with Gasteiger partial charge in [-0.25, -0.2) is 17.5 Å². The summed E-state index contributed by atoms with van der Waals surface area (Å²) in [6, 6.07) is 4.56. The molecule has 88 valence electrons. The van der Waals surface area contributed by atoms with Gasteiger partial charge in [0.1, 0.15) is 5.82 Å². The van der Waals surface area contributed by atoms with E-state index in [0.29, 0.717) is 0 Å². The van der Waals surface area contributed by atoms with Crippen LogP contribution < -0.4 is 10.5 Å². The molecule has 0 spiro atoms. The largest absolute Gasteiger partial charge is 0.393 e. The molecule has 0 fully saturated rings. The van der Waals surface area contributed by atoms with Crippen LogP contribution in [0.2, 0.25) is 0 Å². The van der Waals surface area contributed by atoms with Crippen LogP contribution in [0.25, 0.3) is 0 Å². The van der Waals surface area contributed by atoms with Gasteiger partial charge in [-0.15, -0.1) is 0 Å². The Balaban J connectivity index is 2.71. The molecule has 16 heavy (non-hydrogen) atoms. The average molecular weight is 262 g/mol. The summed E-state index contributed by atoms with van der Waals surface area (Å²) in [7, 11) is -3.60. The Morgan fingerprint density at radius 2 is 1.94 bits per heavy atom. The monoisotopic (exact) mass is 262 g/mol. The predicted octanol–water partition coefficient (Wildman–Crippen LogP) is 0.780. The highest BCUT2D eigenvalue weighted by molar-refractivity contribution is 7.89. The van der Waals surface area contributed by atoms with Crippen LogP contribution in [0.15, 0.2) is 29.2 Å². The first-order chi connectivity index (χ1) is 7.42. The van der Waals surface area contributed by atoms with Crippen molar-refractivity contribution in [1.29, 1.82) is 0 Å². The second-order valence-electron chi connectivity index (χ2n) is 3.07. The number of nitrogens with one attached hydrogen (secondary N) is 1. The van der Waals surface area contributed by atoms with Gasteiger partial charge in [0.25, 0.3) is 0 Å². The number of benzene rings is 1. The Morgan fingerprint density at radius 1 is 1.38 bits per heavy atom. The normalized spacial score (nSPS) is 11.3. The molecule has 7 heteroatoms. The minimum Gasteiger partial charge on any atom is -0.393 e. The maximum atomic E-state index is 12.6. The summed E-state index contributed by atoms with van der Waals surface area (Å²) >= 11 is 4.61. The van der Waals surface area contributed by atoms with Crippen LogP contribution in [-0.4, -0.2) is 20.0 Å². The van der Waals surface area contributed by atoms with Gasteiger partial charge in [-0.05, 0) is 24.3 Å². The molecule has 0 heterocycles. The molecule has 0 aliphatic carbocycles. The molecule has 1 rings (SSSR count). The molecule has 0 aliphatic heterocycles. The lowest BCUT2D eigenvalue weighted by Gasteiger charge is -2.05. The van der Waals surface area contributed by atoms with E-state index in [9.17, 15) is 12.8 Å². The van der Waals surface area contributed by atoms with Crippen LogP contribution in [0.4, 0.5) is 4.39 Å². The Labute approximate surface area is 98.7 Å². The zero-order valence-electron chi connectivity index (χ0n) is 8.31. The maximum absolute atomic E-state index is 12.6. The highest BCUT2D eigenvalue weighted by Gasteiger charge is 2.12. The summed E-state index contributed by atoms with van der Waals surface area (Å²) in [5.74, 6) is -0.484. The standard InChI is InChI=1S/C9H11FN2O2S2/c10-7-1-3-8(4-2-7)16(13,14)12-6-5-9(11)15/h1-4,12H,5-6H2,(H2,11,15). The molecule has 0 aliphatic rings. The lowest BCUT2D eigenvalue weighted by molar-refractivity contribution is 0.582. The van der Waals surface area contributed by atoms with Crippen LogP contribution in [0, 0.1) is 5.82 Å². The average Bonchev–Trinajstić information content (AvgIpc) is 2.17. The van der Waals surface area contributed by atoms with Crippen molar-refractivity contribution in [2.75, 3.05) is 6.54 Å². The van der Waals surface area contributed by atoms with E-state index in [2.05, 4.69) is 16.9 Å². The van der Waals surface area contributed by atoms with E-state index in [1.807, 2.05) is 0 Å². The van der Waals surface area contributed by atoms with E-state index in [1.165, 1.54) is 12.1 Å². The van der Waals surface area contributed by atoms with E-state index in [4.69, 9.17) is 5.73 Å². The summed E-state index contributed by atoms with van der Waals surface area (Å²) in [6.45, 7) is 0.134. The molecule has 0 saturated heterocycles. The summed E-state index contributed by atoms with van der Waals surface area (Å²) in [5.41, 5.74) is 5.23. The van der Waals surface area contributed by atoms with Crippen LogP contribution in [0.3, 0.4) is 0 Å². The molecule has 1 aromatic rings. The maximum Gasteiger partial charge on any atom is 0.240 e. The quantitative estimate of drug-likeness (QED) is 0.769. The van der Waals surface area contributed by atoms with E-state index < -0.39 is 15.8 Å². The Hall–Kier alpha value is -1.05. The summed E-state index contributed by atoms with van der Waals surface area (Å²) in [5, 5.41) is 0. The van der Waals surface area contributed by atoms with Crippen molar-refractivity contribution >= 4 is 27.2 Å². The van der Waals surface area contributed by atoms with Crippen molar-refractivity contribution in [2.45, 2.75) is 11.3 Å². The number of halogens is 1. The second-order valence-corrected chi connectivity index (χ2v) is 5.36. The molecule has 4 nitrogen and oxygen atoms in total. The molecule has 0 atom stereocenters. The van der Waals surface area contributed by atoms with Crippen molar-refractivity contribution in [1.82, 2.24) is 4.72 Å². The van der Waals surface area contributed by atoms with Gasteiger partial charge in [-0.2, -0.15) is 0 Å². The zero-order valence-corrected chi connectivity index (χ0v) is 9.94. The SMILES string of the molecule is NC(=S)CCNS(=O)(=O)c1ccc(F)cc1. The molecule has 0 unspecified atom stereocenters. The summed E-state index contributed by atoms with van der Waals surface area (Å²) in [4.78, 5) is 0.249. The Kier molecular flexibility index (Phi) is 4.34. The predicted molar refractivity (Wildman–Crippen MR) is 63.0 cm³/mol. The molecule has 0 aromatic heterocycles. The van der Waals surface area contributed by atoms with Crippen LogP contribution in [-0.2, 0) is 10.0 Å². The fourth-order valence-corrected chi connectivity index (χ4v) is 2.14. The lowest BCUT2D eigenvalue weighted by Crippen LogP contribution is -2.27. The van der Waals surface area contributed by atoms with Crippen molar-refractivity contribution in [2.24, 2.45) is 5.73 Å². The first kappa shape index (κ1) is 13.0. The minimum absolute atomic E-state index is 0.0110. The minimum atomic E-state index is -3.60. The van der Waals surface area contributed by atoms with Crippen LogP contribution in [0.1, 0.15) is 6.42 Å². The van der Waals surface area contributed by atoms with E-state index in [0.717, 1.165) is 12.1 Å². The number of rotatable bonds is 5. The topological polar surface area (TPSA) is 72.2 Å². The molecule has 0 bridgehead atoms. The molecule has 0 radical (unpaired) electrons. The van der Waals surface area contributed by atoms with Crippen LogP contribution in [0.5, 0.6) is 0 Å². The molecule has 3 N–H and O–H groups in total. The van der Waals surface area contributed by atoms with Crippen molar-refractivity contribution in [3.05, 3.63) is 30.1 Å². The highest BCUT2D eigenvalue weighted by atomic mass is 32.2.